The summed E-state index contributed by atoms with van der Waals surface area (Å²) in [5.74, 6) is 0.791. The van der Waals surface area contributed by atoms with Gasteiger partial charge in [0.15, 0.2) is 17.8 Å². The highest BCUT2D eigenvalue weighted by Gasteiger charge is 2.20. The molecule has 122 valence electrons. The lowest BCUT2D eigenvalue weighted by atomic mass is 10.1. The summed E-state index contributed by atoms with van der Waals surface area (Å²) in [5, 5.41) is 2.92. The molecule has 1 atom stereocenters. The first-order valence-corrected chi connectivity index (χ1v) is 7.47. The summed E-state index contributed by atoms with van der Waals surface area (Å²) < 4.78 is 10.6. The van der Waals surface area contributed by atoms with Gasteiger partial charge in [-0.1, -0.05) is 12.1 Å². The van der Waals surface area contributed by atoms with Gasteiger partial charge in [0.2, 0.25) is 0 Å². The van der Waals surface area contributed by atoms with Crippen LogP contribution in [0.15, 0.2) is 59.6 Å². The van der Waals surface area contributed by atoms with Crippen LogP contribution in [0.1, 0.15) is 29.0 Å². The van der Waals surface area contributed by atoms with Crippen LogP contribution in [0.25, 0.3) is 11.3 Å². The molecule has 2 aromatic heterocycles. The average molecular weight is 323 g/mol. The number of ether oxygens (including phenoxy) is 1. The van der Waals surface area contributed by atoms with E-state index in [1.807, 2.05) is 37.3 Å². The molecule has 0 fully saturated rings. The first-order valence-electron chi connectivity index (χ1n) is 7.47. The molecule has 1 aromatic carbocycles. The van der Waals surface area contributed by atoms with Crippen molar-refractivity contribution in [3.63, 3.8) is 0 Å². The molecule has 1 amide bonds. The van der Waals surface area contributed by atoms with Crippen molar-refractivity contribution in [1.82, 2.24) is 15.3 Å². The molecule has 0 aliphatic carbocycles. The average Bonchev–Trinajstić information content (AvgIpc) is 3.12. The Morgan fingerprint density at radius 1 is 1.25 bits per heavy atom. The maximum Gasteiger partial charge on any atom is 0.274 e. The predicted octanol–water partition coefficient (Wildman–Crippen LogP) is 3.24. The van der Waals surface area contributed by atoms with Gasteiger partial charge in [0.05, 0.1) is 13.2 Å². The zero-order valence-electron chi connectivity index (χ0n) is 13.4. The minimum atomic E-state index is -0.300. The van der Waals surface area contributed by atoms with Gasteiger partial charge in [0.25, 0.3) is 5.91 Å². The number of hydrogen-bond acceptors (Lipinski definition) is 5. The predicted molar refractivity (Wildman–Crippen MR) is 88.6 cm³/mol. The van der Waals surface area contributed by atoms with E-state index in [9.17, 15) is 4.79 Å². The number of oxazole rings is 1. The molecule has 0 radical (unpaired) electrons. The number of nitrogens with one attached hydrogen (secondary N) is 1. The zero-order valence-corrected chi connectivity index (χ0v) is 13.4. The maximum atomic E-state index is 12.6. The van der Waals surface area contributed by atoms with Crippen LogP contribution in [0.4, 0.5) is 0 Å². The van der Waals surface area contributed by atoms with Crippen molar-refractivity contribution in [2.24, 2.45) is 0 Å². The molecule has 24 heavy (non-hydrogen) atoms. The Morgan fingerprint density at radius 3 is 2.79 bits per heavy atom. The molecule has 1 N–H and O–H groups in total. The van der Waals surface area contributed by atoms with Crippen molar-refractivity contribution in [2.45, 2.75) is 13.0 Å². The SMILES string of the molecule is COc1cccc(-c2ocnc2C(=O)N[C@H](C)c2ccncc2)c1. The summed E-state index contributed by atoms with van der Waals surface area (Å²) in [6.07, 6.45) is 4.65. The normalized spacial score (nSPS) is 11.8. The second kappa shape index (κ2) is 6.95. The fourth-order valence-electron chi connectivity index (χ4n) is 2.38. The van der Waals surface area contributed by atoms with Crippen molar-refractivity contribution in [1.29, 1.82) is 0 Å². The van der Waals surface area contributed by atoms with Gasteiger partial charge >= 0.3 is 0 Å². The monoisotopic (exact) mass is 323 g/mol. The van der Waals surface area contributed by atoms with Gasteiger partial charge in [-0.3, -0.25) is 9.78 Å². The molecule has 3 rings (SSSR count). The van der Waals surface area contributed by atoms with Crippen molar-refractivity contribution >= 4 is 5.91 Å². The fourth-order valence-corrected chi connectivity index (χ4v) is 2.38. The van der Waals surface area contributed by atoms with Gasteiger partial charge in [0.1, 0.15) is 5.75 Å². The number of benzene rings is 1. The van der Waals surface area contributed by atoms with Crippen LogP contribution in [0, 0.1) is 0 Å². The Balaban J connectivity index is 1.83. The van der Waals surface area contributed by atoms with E-state index in [2.05, 4.69) is 15.3 Å². The number of nitrogens with zero attached hydrogens (tertiary/aromatic N) is 2. The van der Waals surface area contributed by atoms with E-state index in [-0.39, 0.29) is 17.6 Å². The molecule has 0 spiro atoms. The first kappa shape index (κ1) is 15.7. The summed E-state index contributed by atoms with van der Waals surface area (Å²) in [6.45, 7) is 1.90. The van der Waals surface area contributed by atoms with Crippen molar-refractivity contribution in [3.8, 4) is 17.1 Å². The number of amides is 1. The second-order valence-electron chi connectivity index (χ2n) is 5.24. The van der Waals surface area contributed by atoms with E-state index in [1.54, 1.807) is 25.6 Å². The Bertz CT molecular complexity index is 830. The molecule has 0 bridgehead atoms. The maximum absolute atomic E-state index is 12.6. The van der Waals surface area contributed by atoms with Crippen molar-refractivity contribution in [2.75, 3.05) is 7.11 Å². The van der Waals surface area contributed by atoms with Crippen LogP contribution in [-0.4, -0.2) is 23.0 Å². The van der Waals surface area contributed by atoms with Gasteiger partial charge < -0.3 is 14.5 Å². The Labute approximate surface area is 139 Å². The van der Waals surface area contributed by atoms with E-state index in [0.29, 0.717) is 11.5 Å². The van der Waals surface area contributed by atoms with Crippen LogP contribution < -0.4 is 10.1 Å². The molecule has 6 nitrogen and oxygen atoms in total. The summed E-state index contributed by atoms with van der Waals surface area (Å²) in [4.78, 5) is 20.6. The fraction of sp³-hybridized carbons (Fsp3) is 0.167. The summed E-state index contributed by atoms with van der Waals surface area (Å²) in [5.41, 5.74) is 1.93. The Morgan fingerprint density at radius 2 is 2.04 bits per heavy atom. The third kappa shape index (κ3) is 3.27. The molecular formula is C18H17N3O3. The highest BCUT2D eigenvalue weighted by molar-refractivity contribution is 5.97. The Hall–Kier alpha value is -3.15. The zero-order chi connectivity index (χ0) is 16.9. The lowest BCUT2D eigenvalue weighted by Crippen LogP contribution is -2.27. The van der Waals surface area contributed by atoms with Gasteiger partial charge in [0, 0.05) is 18.0 Å². The number of pyridine rings is 1. The van der Waals surface area contributed by atoms with Crippen molar-refractivity contribution < 1.29 is 13.9 Å². The summed E-state index contributed by atoms with van der Waals surface area (Å²) in [6, 6.07) is 10.8. The molecule has 0 saturated heterocycles. The third-order valence-electron chi connectivity index (χ3n) is 3.67. The second-order valence-corrected chi connectivity index (χ2v) is 5.24. The largest absolute Gasteiger partial charge is 0.497 e. The van der Waals surface area contributed by atoms with Gasteiger partial charge in [-0.05, 0) is 36.8 Å². The number of rotatable bonds is 5. The van der Waals surface area contributed by atoms with Gasteiger partial charge in [-0.2, -0.15) is 0 Å². The molecule has 0 aliphatic heterocycles. The minimum absolute atomic E-state index is 0.171. The number of carbonyl (C=O) groups is 1. The van der Waals surface area contributed by atoms with E-state index >= 15 is 0 Å². The Kier molecular flexibility index (Phi) is 4.56. The number of methoxy groups -OCH3 is 1. The van der Waals surface area contributed by atoms with Crippen LogP contribution >= 0.6 is 0 Å². The van der Waals surface area contributed by atoms with E-state index < -0.39 is 0 Å². The lowest BCUT2D eigenvalue weighted by molar-refractivity contribution is 0.0935. The van der Waals surface area contributed by atoms with Gasteiger partial charge in [-0.15, -0.1) is 0 Å². The van der Waals surface area contributed by atoms with Crippen LogP contribution in [0.2, 0.25) is 0 Å². The molecule has 6 heteroatoms. The van der Waals surface area contributed by atoms with Crippen LogP contribution in [0.3, 0.4) is 0 Å². The van der Waals surface area contributed by atoms with E-state index in [4.69, 9.17) is 9.15 Å². The third-order valence-corrected chi connectivity index (χ3v) is 3.67. The van der Waals surface area contributed by atoms with Crippen LogP contribution in [0.5, 0.6) is 5.75 Å². The molecule has 3 aromatic rings. The van der Waals surface area contributed by atoms with Gasteiger partial charge in [-0.25, -0.2) is 4.98 Å². The highest BCUT2D eigenvalue weighted by atomic mass is 16.5. The minimum Gasteiger partial charge on any atom is -0.497 e. The molecule has 0 aliphatic rings. The molecule has 0 unspecified atom stereocenters. The van der Waals surface area contributed by atoms with E-state index in [0.717, 1.165) is 11.1 Å². The highest BCUT2D eigenvalue weighted by Crippen LogP contribution is 2.27. The number of aromatic nitrogens is 2. The summed E-state index contributed by atoms with van der Waals surface area (Å²) >= 11 is 0. The lowest BCUT2D eigenvalue weighted by Gasteiger charge is -2.13. The van der Waals surface area contributed by atoms with E-state index in [1.165, 1.54) is 6.39 Å². The standard InChI is InChI=1S/C18H17N3O3/c1-12(13-6-8-19-9-7-13)21-18(22)16-17(24-11-20-16)14-4-3-5-15(10-14)23-2/h3-12H,1-2H3,(H,21,22)/t12-/m1/s1. The summed E-state index contributed by atoms with van der Waals surface area (Å²) in [7, 11) is 1.59. The van der Waals surface area contributed by atoms with Crippen molar-refractivity contribution in [3.05, 3.63) is 66.4 Å². The first-order chi connectivity index (χ1) is 11.7. The smallest absolute Gasteiger partial charge is 0.274 e. The molecule has 2 heterocycles. The topological polar surface area (TPSA) is 77.2 Å². The number of hydrogen-bond donors (Lipinski definition) is 1. The quantitative estimate of drug-likeness (QED) is 0.780. The molecule has 0 saturated carbocycles. The molecular weight excluding hydrogens is 306 g/mol. The van der Waals surface area contributed by atoms with Crippen LogP contribution in [-0.2, 0) is 0 Å². The number of carbonyl (C=O) groups excluding carboxylic acids is 1.